The molecule has 2 aromatic heterocycles. The highest BCUT2D eigenvalue weighted by Gasteiger charge is 2.26. The van der Waals surface area contributed by atoms with Gasteiger partial charge < -0.3 is 9.64 Å². The molecule has 0 radical (unpaired) electrons. The van der Waals surface area contributed by atoms with Crippen molar-refractivity contribution >= 4 is 16.7 Å². The van der Waals surface area contributed by atoms with Gasteiger partial charge in [-0.25, -0.2) is 9.97 Å². The molecule has 1 unspecified atom stereocenters. The van der Waals surface area contributed by atoms with E-state index in [1.165, 1.54) is 11.5 Å². The molecule has 0 N–H and O–H groups in total. The number of hydrogen-bond donors (Lipinski definition) is 0. The van der Waals surface area contributed by atoms with Crippen molar-refractivity contribution in [3.8, 4) is 5.88 Å². The minimum atomic E-state index is 0.383. The molecule has 1 aliphatic rings. The quantitative estimate of drug-likeness (QED) is 0.845. The summed E-state index contributed by atoms with van der Waals surface area (Å²) in [5.41, 5.74) is 0. The van der Waals surface area contributed by atoms with Crippen LogP contribution in [0.25, 0.3) is 0 Å². The first-order valence-electron chi connectivity index (χ1n) is 7.19. The van der Waals surface area contributed by atoms with Crippen molar-refractivity contribution in [3.05, 3.63) is 24.4 Å². The van der Waals surface area contributed by atoms with E-state index in [2.05, 4.69) is 38.1 Å². The van der Waals surface area contributed by atoms with E-state index >= 15 is 0 Å². The number of anilines is 1. The molecule has 0 spiro atoms. The van der Waals surface area contributed by atoms with Crippen LogP contribution in [0, 0.1) is 5.92 Å². The molecule has 1 fully saturated rings. The van der Waals surface area contributed by atoms with Gasteiger partial charge in [-0.1, -0.05) is 13.8 Å². The van der Waals surface area contributed by atoms with Gasteiger partial charge in [-0.2, -0.15) is 4.37 Å². The first-order chi connectivity index (χ1) is 10.2. The summed E-state index contributed by atoms with van der Waals surface area (Å²) in [7, 11) is 0. The number of aromatic nitrogens is 4. The lowest BCUT2D eigenvalue weighted by atomic mass is 10.1. The zero-order valence-electron chi connectivity index (χ0n) is 12.3. The summed E-state index contributed by atoms with van der Waals surface area (Å²) in [6.07, 6.45) is 6.04. The van der Waals surface area contributed by atoms with Crippen molar-refractivity contribution < 1.29 is 4.74 Å². The summed E-state index contributed by atoms with van der Waals surface area (Å²) >= 11 is 1.49. The number of hydrogen-bond acceptors (Lipinski definition) is 7. The van der Waals surface area contributed by atoms with Gasteiger partial charge in [0.15, 0.2) is 0 Å². The van der Waals surface area contributed by atoms with Crippen molar-refractivity contribution in [2.75, 3.05) is 24.6 Å². The highest BCUT2D eigenvalue weighted by molar-refractivity contribution is 7.09. The van der Waals surface area contributed by atoms with E-state index in [4.69, 9.17) is 4.74 Å². The molecule has 3 rings (SSSR count). The van der Waals surface area contributed by atoms with Crippen LogP contribution in [0.4, 0.5) is 5.13 Å². The summed E-state index contributed by atoms with van der Waals surface area (Å²) in [5.74, 6) is 2.41. The fourth-order valence-electron chi connectivity index (χ4n) is 2.29. The Balaban J connectivity index is 1.53. The Hall–Kier alpha value is -1.76. The van der Waals surface area contributed by atoms with Crippen LogP contribution >= 0.6 is 11.5 Å². The monoisotopic (exact) mass is 305 g/mol. The second-order valence-electron chi connectivity index (χ2n) is 5.55. The Bertz CT molecular complexity index is 574. The van der Waals surface area contributed by atoms with Gasteiger partial charge in [-0.3, -0.25) is 4.98 Å². The standard InChI is InChI=1S/C14H19N5OS/c1-10(2)13-17-14(21-18-13)19-6-3-11(8-19)9-20-12-7-15-4-5-16-12/h4-5,7,10-11H,3,6,8-9H2,1-2H3. The maximum Gasteiger partial charge on any atom is 0.232 e. The van der Waals surface area contributed by atoms with Crippen molar-refractivity contribution in [2.24, 2.45) is 5.92 Å². The molecule has 2 aromatic rings. The van der Waals surface area contributed by atoms with Gasteiger partial charge in [-0.05, 0) is 6.42 Å². The molecule has 3 heterocycles. The van der Waals surface area contributed by atoms with Crippen LogP contribution < -0.4 is 9.64 Å². The van der Waals surface area contributed by atoms with Gasteiger partial charge in [0.2, 0.25) is 11.0 Å². The molecule has 0 bridgehead atoms. The molecule has 0 amide bonds. The minimum Gasteiger partial charge on any atom is -0.476 e. The van der Waals surface area contributed by atoms with Crippen LogP contribution in [0.15, 0.2) is 18.6 Å². The molecule has 1 saturated heterocycles. The topological polar surface area (TPSA) is 64.0 Å². The molecule has 6 nitrogen and oxygen atoms in total. The molecule has 0 aromatic carbocycles. The maximum absolute atomic E-state index is 5.68. The maximum atomic E-state index is 5.68. The Morgan fingerprint density at radius 1 is 1.43 bits per heavy atom. The minimum absolute atomic E-state index is 0.383. The Labute approximate surface area is 128 Å². The van der Waals surface area contributed by atoms with Crippen LogP contribution in [0.3, 0.4) is 0 Å². The van der Waals surface area contributed by atoms with Crippen molar-refractivity contribution in [3.63, 3.8) is 0 Å². The molecule has 1 aliphatic heterocycles. The van der Waals surface area contributed by atoms with Gasteiger partial charge in [0.1, 0.15) is 5.82 Å². The van der Waals surface area contributed by atoms with Gasteiger partial charge >= 0.3 is 0 Å². The average molecular weight is 305 g/mol. The zero-order chi connectivity index (χ0) is 14.7. The lowest BCUT2D eigenvalue weighted by Crippen LogP contribution is -2.21. The molecule has 0 aliphatic carbocycles. The van der Waals surface area contributed by atoms with Gasteiger partial charge in [0.05, 0.1) is 12.8 Å². The van der Waals surface area contributed by atoms with E-state index in [0.29, 0.717) is 24.3 Å². The number of ether oxygens (including phenoxy) is 1. The second-order valence-corrected chi connectivity index (χ2v) is 6.28. The van der Waals surface area contributed by atoms with Crippen LogP contribution in [0.1, 0.15) is 32.0 Å². The normalized spacial score (nSPS) is 18.4. The SMILES string of the molecule is CC(C)c1nsc(N2CCC(COc3cnccn3)C2)n1. The van der Waals surface area contributed by atoms with Crippen molar-refractivity contribution in [2.45, 2.75) is 26.2 Å². The molecule has 0 saturated carbocycles. The smallest absolute Gasteiger partial charge is 0.232 e. The van der Waals surface area contributed by atoms with E-state index in [0.717, 1.165) is 30.5 Å². The molecular weight excluding hydrogens is 286 g/mol. The average Bonchev–Trinajstić information content (AvgIpc) is 3.15. The highest BCUT2D eigenvalue weighted by Crippen LogP contribution is 2.27. The third kappa shape index (κ3) is 3.47. The third-order valence-electron chi connectivity index (χ3n) is 3.51. The fraction of sp³-hybridized carbons (Fsp3) is 0.571. The lowest BCUT2D eigenvalue weighted by molar-refractivity contribution is 0.251. The fourth-order valence-corrected chi connectivity index (χ4v) is 3.14. The zero-order valence-corrected chi connectivity index (χ0v) is 13.1. The second kappa shape index (κ2) is 6.34. The summed E-state index contributed by atoms with van der Waals surface area (Å²) in [6, 6.07) is 0. The van der Waals surface area contributed by atoms with Crippen molar-refractivity contribution in [1.29, 1.82) is 0 Å². The van der Waals surface area contributed by atoms with Crippen molar-refractivity contribution in [1.82, 2.24) is 19.3 Å². The lowest BCUT2D eigenvalue weighted by Gasteiger charge is -2.14. The van der Waals surface area contributed by atoms with Gasteiger partial charge in [-0.15, -0.1) is 0 Å². The van der Waals surface area contributed by atoms with E-state index in [-0.39, 0.29) is 0 Å². The summed E-state index contributed by atoms with van der Waals surface area (Å²) < 4.78 is 10.1. The predicted octanol–water partition coefficient (Wildman–Crippen LogP) is 2.36. The number of nitrogens with zero attached hydrogens (tertiary/aromatic N) is 5. The molecule has 1 atom stereocenters. The third-order valence-corrected chi connectivity index (χ3v) is 4.30. The van der Waals surface area contributed by atoms with E-state index in [1.807, 2.05) is 0 Å². The Morgan fingerprint density at radius 3 is 3.05 bits per heavy atom. The van der Waals surface area contributed by atoms with Crippen LogP contribution in [-0.2, 0) is 0 Å². The largest absolute Gasteiger partial charge is 0.476 e. The first-order valence-corrected chi connectivity index (χ1v) is 7.97. The first kappa shape index (κ1) is 14.2. The summed E-state index contributed by atoms with van der Waals surface area (Å²) in [4.78, 5) is 15.0. The Kier molecular flexibility index (Phi) is 4.28. The van der Waals surface area contributed by atoms with E-state index in [9.17, 15) is 0 Å². The predicted molar refractivity (Wildman–Crippen MR) is 81.8 cm³/mol. The highest BCUT2D eigenvalue weighted by atomic mass is 32.1. The van der Waals surface area contributed by atoms with Crippen LogP contribution in [0.5, 0.6) is 5.88 Å². The molecule has 7 heteroatoms. The molecular formula is C14H19N5OS. The van der Waals surface area contributed by atoms with Crippen LogP contribution in [-0.4, -0.2) is 39.0 Å². The van der Waals surface area contributed by atoms with E-state index < -0.39 is 0 Å². The van der Waals surface area contributed by atoms with E-state index in [1.54, 1.807) is 18.6 Å². The van der Waals surface area contributed by atoms with Gasteiger partial charge in [0.25, 0.3) is 0 Å². The van der Waals surface area contributed by atoms with Gasteiger partial charge in [0, 0.05) is 48.9 Å². The molecule has 21 heavy (non-hydrogen) atoms. The van der Waals surface area contributed by atoms with Crippen LogP contribution in [0.2, 0.25) is 0 Å². The summed E-state index contributed by atoms with van der Waals surface area (Å²) in [6.45, 7) is 6.89. The summed E-state index contributed by atoms with van der Waals surface area (Å²) in [5, 5.41) is 1.03. The Morgan fingerprint density at radius 2 is 2.33 bits per heavy atom. The number of rotatable bonds is 5. The molecule has 112 valence electrons.